The standard InChI is InChI=1S/C22H24N4O3S/c1-15(2)12-13-23-20(27)16-8-10-17(11-9-16)24-21(28)22-26-25-19(30-22)14-29-18-6-4-3-5-7-18/h3-11,15H,12-14H2,1-2H3,(H,23,27)(H,24,28). The van der Waals surface area contributed by atoms with Gasteiger partial charge >= 0.3 is 0 Å². The molecule has 2 amide bonds. The smallest absolute Gasteiger partial charge is 0.286 e. The van der Waals surface area contributed by atoms with E-state index in [1.807, 2.05) is 30.3 Å². The third-order valence-electron chi connectivity index (χ3n) is 4.18. The van der Waals surface area contributed by atoms with Gasteiger partial charge in [0.2, 0.25) is 5.01 Å². The Balaban J connectivity index is 1.51. The molecule has 0 radical (unpaired) electrons. The Morgan fingerprint density at radius 2 is 1.73 bits per heavy atom. The van der Waals surface area contributed by atoms with E-state index < -0.39 is 0 Å². The molecule has 0 aliphatic rings. The Morgan fingerprint density at radius 3 is 2.43 bits per heavy atom. The zero-order valence-corrected chi connectivity index (χ0v) is 17.7. The maximum atomic E-state index is 12.4. The number of benzene rings is 2. The molecule has 2 N–H and O–H groups in total. The molecule has 1 heterocycles. The predicted octanol–water partition coefficient (Wildman–Crippen LogP) is 4.15. The first kappa shape index (κ1) is 21.4. The van der Waals surface area contributed by atoms with E-state index in [2.05, 4.69) is 34.7 Å². The summed E-state index contributed by atoms with van der Waals surface area (Å²) in [5.41, 5.74) is 1.13. The van der Waals surface area contributed by atoms with Crippen molar-refractivity contribution in [3.05, 3.63) is 70.2 Å². The van der Waals surface area contributed by atoms with Crippen LogP contribution in [-0.2, 0) is 6.61 Å². The maximum Gasteiger partial charge on any atom is 0.286 e. The lowest BCUT2D eigenvalue weighted by Gasteiger charge is -2.08. The van der Waals surface area contributed by atoms with Crippen molar-refractivity contribution in [1.29, 1.82) is 0 Å². The molecule has 0 atom stereocenters. The Bertz CT molecular complexity index is 972. The van der Waals surface area contributed by atoms with Crippen molar-refractivity contribution in [1.82, 2.24) is 15.5 Å². The van der Waals surface area contributed by atoms with Gasteiger partial charge in [0.15, 0.2) is 5.01 Å². The summed E-state index contributed by atoms with van der Waals surface area (Å²) in [5, 5.41) is 14.4. The van der Waals surface area contributed by atoms with E-state index in [-0.39, 0.29) is 23.4 Å². The van der Waals surface area contributed by atoms with Gasteiger partial charge in [0.25, 0.3) is 11.8 Å². The van der Waals surface area contributed by atoms with Crippen molar-refractivity contribution < 1.29 is 14.3 Å². The molecule has 8 heteroatoms. The number of nitrogens with one attached hydrogen (secondary N) is 2. The van der Waals surface area contributed by atoms with E-state index in [4.69, 9.17) is 4.74 Å². The minimum atomic E-state index is -0.354. The van der Waals surface area contributed by atoms with Crippen LogP contribution in [0.4, 0.5) is 5.69 Å². The van der Waals surface area contributed by atoms with Gasteiger partial charge < -0.3 is 15.4 Å². The van der Waals surface area contributed by atoms with Gasteiger partial charge in [0.05, 0.1) is 0 Å². The molecule has 0 saturated heterocycles. The topological polar surface area (TPSA) is 93.2 Å². The molecule has 0 fully saturated rings. The molecule has 7 nitrogen and oxygen atoms in total. The second kappa shape index (κ2) is 10.5. The van der Waals surface area contributed by atoms with Crippen molar-refractivity contribution in [2.24, 2.45) is 5.92 Å². The fourth-order valence-corrected chi connectivity index (χ4v) is 3.18. The monoisotopic (exact) mass is 424 g/mol. The number of anilines is 1. The fourth-order valence-electron chi connectivity index (χ4n) is 2.53. The maximum absolute atomic E-state index is 12.4. The number of hydrogen-bond donors (Lipinski definition) is 2. The van der Waals surface area contributed by atoms with Crippen LogP contribution in [0, 0.1) is 5.92 Å². The number of para-hydroxylation sites is 1. The van der Waals surface area contributed by atoms with Crippen molar-refractivity contribution in [3.63, 3.8) is 0 Å². The molecule has 156 valence electrons. The van der Waals surface area contributed by atoms with Gasteiger partial charge in [-0.15, -0.1) is 10.2 Å². The number of aromatic nitrogens is 2. The molecular formula is C22H24N4O3S. The van der Waals surface area contributed by atoms with Crippen LogP contribution in [-0.4, -0.2) is 28.6 Å². The quantitative estimate of drug-likeness (QED) is 0.538. The molecule has 30 heavy (non-hydrogen) atoms. The third-order valence-corrected chi connectivity index (χ3v) is 5.07. The van der Waals surface area contributed by atoms with Gasteiger partial charge in [-0.25, -0.2) is 0 Å². The number of nitrogens with zero attached hydrogens (tertiary/aromatic N) is 2. The van der Waals surface area contributed by atoms with E-state index in [9.17, 15) is 9.59 Å². The lowest BCUT2D eigenvalue weighted by molar-refractivity contribution is 0.0951. The lowest BCUT2D eigenvalue weighted by Crippen LogP contribution is -2.25. The van der Waals surface area contributed by atoms with Crippen LogP contribution in [0.5, 0.6) is 5.75 Å². The highest BCUT2D eigenvalue weighted by atomic mass is 32.1. The second-order valence-corrected chi connectivity index (χ2v) is 8.13. The molecule has 2 aromatic carbocycles. The SMILES string of the molecule is CC(C)CCNC(=O)c1ccc(NC(=O)c2nnc(COc3ccccc3)s2)cc1. The average molecular weight is 425 g/mol. The lowest BCUT2D eigenvalue weighted by atomic mass is 10.1. The van der Waals surface area contributed by atoms with Crippen molar-refractivity contribution >= 4 is 28.8 Å². The van der Waals surface area contributed by atoms with E-state index in [0.29, 0.717) is 28.7 Å². The number of ether oxygens (including phenoxy) is 1. The molecule has 0 saturated carbocycles. The van der Waals surface area contributed by atoms with Crippen molar-refractivity contribution in [2.75, 3.05) is 11.9 Å². The zero-order valence-electron chi connectivity index (χ0n) is 16.9. The van der Waals surface area contributed by atoms with Crippen molar-refractivity contribution in [2.45, 2.75) is 26.9 Å². The van der Waals surface area contributed by atoms with Crippen LogP contribution in [0.15, 0.2) is 54.6 Å². The summed E-state index contributed by atoms with van der Waals surface area (Å²) in [6, 6.07) is 16.1. The van der Waals surface area contributed by atoms with Crippen LogP contribution in [0.2, 0.25) is 0 Å². The Morgan fingerprint density at radius 1 is 1.00 bits per heavy atom. The highest BCUT2D eigenvalue weighted by Crippen LogP contribution is 2.17. The van der Waals surface area contributed by atoms with Gasteiger partial charge in [-0.3, -0.25) is 9.59 Å². The summed E-state index contributed by atoms with van der Waals surface area (Å²) in [5.74, 6) is 0.786. The Kier molecular flexibility index (Phi) is 7.51. The number of carbonyl (C=O) groups is 2. The van der Waals surface area contributed by atoms with E-state index in [1.165, 1.54) is 11.3 Å². The molecule has 0 bridgehead atoms. The summed E-state index contributed by atoms with van der Waals surface area (Å²) in [4.78, 5) is 24.5. The zero-order chi connectivity index (χ0) is 21.3. The van der Waals surface area contributed by atoms with Gasteiger partial charge in [-0.1, -0.05) is 43.4 Å². The molecular weight excluding hydrogens is 400 g/mol. The average Bonchev–Trinajstić information content (AvgIpc) is 3.22. The van der Waals surface area contributed by atoms with Crippen molar-refractivity contribution in [3.8, 4) is 5.75 Å². The normalized spacial score (nSPS) is 10.6. The van der Waals surface area contributed by atoms with E-state index in [1.54, 1.807) is 24.3 Å². The van der Waals surface area contributed by atoms with Gasteiger partial charge in [-0.2, -0.15) is 0 Å². The van der Waals surface area contributed by atoms with Gasteiger partial charge in [-0.05, 0) is 48.7 Å². The van der Waals surface area contributed by atoms with Crippen LogP contribution < -0.4 is 15.4 Å². The fraction of sp³-hybridized carbons (Fsp3) is 0.273. The molecule has 0 aliphatic heterocycles. The van der Waals surface area contributed by atoms with Crippen LogP contribution >= 0.6 is 11.3 Å². The summed E-state index contributed by atoms with van der Waals surface area (Å²) >= 11 is 1.18. The number of carbonyl (C=O) groups excluding carboxylic acids is 2. The molecule has 0 unspecified atom stereocenters. The first-order valence-electron chi connectivity index (χ1n) is 9.71. The van der Waals surface area contributed by atoms with E-state index >= 15 is 0 Å². The van der Waals surface area contributed by atoms with Crippen LogP contribution in [0.25, 0.3) is 0 Å². The molecule has 0 aliphatic carbocycles. The number of rotatable bonds is 9. The highest BCUT2D eigenvalue weighted by Gasteiger charge is 2.14. The molecule has 0 spiro atoms. The Hall–Kier alpha value is -3.26. The predicted molar refractivity (Wildman–Crippen MR) is 117 cm³/mol. The largest absolute Gasteiger partial charge is 0.486 e. The second-order valence-electron chi connectivity index (χ2n) is 7.07. The summed E-state index contributed by atoms with van der Waals surface area (Å²) in [6.07, 6.45) is 0.931. The first-order chi connectivity index (χ1) is 14.5. The summed E-state index contributed by atoms with van der Waals surface area (Å²) in [7, 11) is 0. The molecule has 3 aromatic rings. The minimum absolute atomic E-state index is 0.124. The number of hydrogen-bond acceptors (Lipinski definition) is 6. The summed E-state index contributed by atoms with van der Waals surface area (Å²) in [6.45, 7) is 5.11. The van der Waals surface area contributed by atoms with Crippen LogP contribution in [0.3, 0.4) is 0 Å². The van der Waals surface area contributed by atoms with Crippen LogP contribution in [0.1, 0.15) is 45.4 Å². The molecule has 1 aromatic heterocycles. The van der Waals surface area contributed by atoms with Gasteiger partial charge in [0, 0.05) is 17.8 Å². The minimum Gasteiger partial charge on any atom is -0.486 e. The van der Waals surface area contributed by atoms with E-state index in [0.717, 1.165) is 12.2 Å². The first-order valence-corrected chi connectivity index (χ1v) is 10.5. The third kappa shape index (κ3) is 6.38. The highest BCUT2D eigenvalue weighted by molar-refractivity contribution is 7.13. The van der Waals surface area contributed by atoms with Gasteiger partial charge in [0.1, 0.15) is 12.4 Å². The summed E-state index contributed by atoms with van der Waals surface area (Å²) < 4.78 is 5.62. The number of amides is 2. The molecule has 3 rings (SSSR count). The Labute approximate surface area is 179 Å².